The smallest absolute Gasteiger partial charge is 0.480 e. The van der Waals surface area contributed by atoms with Crippen molar-refractivity contribution in [2.75, 3.05) is 20.3 Å². The zero-order valence-electron chi connectivity index (χ0n) is 10.6. The fourth-order valence-electron chi connectivity index (χ4n) is 1.54. The summed E-state index contributed by atoms with van der Waals surface area (Å²) in [5.41, 5.74) is 0.162. The number of ether oxygens (including phenoxy) is 2. The summed E-state index contributed by atoms with van der Waals surface area (Å²) in [5.74, 6) is -1.67. The Morgan fingerprint density at radius 3 is 2.70 bits per heavy atom. The molecule has 1 aromatic rings. The lowest BCUT2D eigenvalue weighted by atomic mass is 10.1. The van der Waals surface area contributed by atoms with Crippen LogP contribution in [0.4, 0.5) is 13.2 Å². The van der Waals surface area contributed by atoms with Crippen LogP contribution in [0.3, 0.4) is 0 Å². The Hall–Kier alpha value is -1.80. The van der Waals surface area contributed by atoms with E-state index in [1.54, 1.807) is 0 Å². The van der Waals surface area contributed by atoms with E-state index in [4.69, 9.17) is 9.84 Å². The highest BCUT2D eigenvalue weighted by atomic mass is 19.4. The van der Waals surface area contributed by atoms with E-state index in [0.29, 0.717) is 0 Å². The van der Waals surface area contributed by atoms with Crippen molar-refractivity contribution in [1.82, 2.24) is 5.32 Å². The van der Waals surface area contributed by atoms with Gasteiger partial charge in [-0.05, 0) is 17.7 Å². The number of halogens is 3. The van der Waals surface area contributed by atoms with Gasteiger partial charge in [-0.2, -0.15) is 0 Å². The zero-order valence-corrected chi connectivity index (χ0v) is 10.6. The molecule has 0 radical (unpaired) electrons. The number of alkyl halides is 3. The second-order valence-electron chi connectivity index (χ2n) is 3.84. The number of rotatable bonds is 7. The van der Waals surface area contributed by atoms with Gasteiger partial charge in [0.2, 0.25) is 0 Å². The van der Waals surface area contributed by atoms with E-state index in [-0.39, 0.29) is 18.7 Å². The molecule has 0 aliphatic carbocycles. The molecule has 112 valence electrons. The first-order valence-electron chi connectivity index (χ1n) is 5.64. The van der Waals surface area contributed by atoms with Crippen molar-refractivity contribution in [3.05, 3.63) is 29.8 Å². The van der Waals surface area contributed by atoms with E-state index >= 15 is 0 Å². The van der Waals surface area contributed by atoms with E-state index in [1.807, 2.05) is 0 Å². The van der Waals surface area contributed by atoms with Gasteiger partial charge in [0, 0.05) is 13.7 Å². The first kappa shape index (κ1) is 16.3. The summed E-state index contributed by atoms with van der Waals surface area (Å²) in [5, 5.41) is 11.7. The lowest BCUT2D eigenvalue weighted by molar-refractivity contribution is -0.274. The minimum Gasteiger partial charge on any atom is -0.480 e. The quantitative estimate of drug-likeness (QED) is 0.752. The Balaban J connectivity index is 2.85. The third kappa shape index (κ3) is 5.45. The van der Waals surface area contributed by atoms with Gasteiger partial charge in [0.15, 0.2) is 0 Å². The van der Waals surface area contributed by atoms with Crippen LogP contribution in [0.5, 0.6) is 5.75 Å². The topological polar surface area (TPSA) is 67.8 Å². The van der Waals surface area contributed by atoms with Crippen molar-refractivity contribution in [3.8, 4) is 5.75 Å². The van der Waals surface area contributed by atoms with Crippen LogP contribution >= 0.6 is 0 Å². The van der Waals surface area contributed by atoms with Crippen molar-refractivity contribution in [2.45, 2.75) is 12.4 Å². The van der Waals surface area contributed by atoms with Crippen LogP contribution in [0.25, 0.3) is 0 Å². The van der Waals surface area contributed by atoms with Gasteiger partial charge >= 0.3 is 12.3 Å². The summed E-state index contributed by atoms with van der Waals surface area (Å²) in [6, 6.07) is 3.70. The van der Waals surface area contributed by atoms with Gasteiger partial charge in [-0.15, -0.1) is 13.2 Å². The van der Waals surface area contributed by atoms with Crippen LogP contribution in [0.15, 0.2) is 24.3 Å². The molecule has 0 bridgehead atoms. The Morgan fingerprint density at radius 2 is 2.15 bits per heavy atom. The van der Waals surface area contributed by atoms with Crippen LogP contribution in [0, 0.1) is 0 Å². The maximum Gasteiger partial charge on any atom is 0.573 e. The molecule has 0 aliphatic rings. The van der Waals surface area contributed by atoms with Crippen LogP contribution in [0.2, 0.25) is 0 Å². The van der Waals surface area contributed by atoms with Gasteiger partial charge < -0.3 is 14.6 Å². The number of carbonyl (C=O) groups is 1. The van der Waals surface area contributed by atoms with Gasteiger partial charge in [-0.1, -0.05) is 12.1 Å². The molecule has 1 rings (SSSR count). The molecule has 8 heteroatoms. The highest BCUT2D eigenvalue weighted by Gasteiger charge is 2.31. The third-order valence-electron chi connectivity index (χ3n) is 2.33. The van der Waals surface area contributed by atoms with Crippen LogP contribution < -0.4 is 10.1 Å². The van der Waals surface area contributed by atoms with E-state index in [2.05, 4.69) is 10.1 Å². The van der Waals surface area contributed by atoms with Crippen LogP contribution in [-0.2, 0) is 9.53 Å². The molecule has 0 spiro atoms. The van der Waals surface area contributed by atoms with Crippen molar-refractivity contribution < 1.29 is 32.5 Å². The highest BCUT2D eigenvalue weighted by molar-refractivity contribution is 5.75. The molecule has 1 aromatic carbocycles. The highest BCUT2D eigenvalue weighted by Crippen LogP contribution is 2.25. The van der Waals surface area contributed by atoms with E-state index in [9.17, 15) is 18.0 Å². The average molecular weight is 293 g/mol. The SMILES string of the molecule is COCCNC(C(=O)O)c1cccc(OC(F)(F)F)c1. The van der Waals surface area contributed by atoms with E-state index < -0.39 is 24.1 Å². The molecule has 0 aliphatic heterocycles. The molecule has 20 heavy (non-hydrogen) atoms. The largest absolute Gasteiger partial charge is 0.573 e. The van der Waals surface area contributed by atoms with Crippen molar-refractivity contribution in [1.29, 1.82) is 0 Å². The maximum atomic E-state index is 12.1. The Labute approximate surface area is 113 Å². The minimum atomic E-state index is -4.82. The Morgan fingerprint density at radius 1 is 1.45 bits per heavy atom. The summed E-state index contributed by atoms with van der Waals surface area (Å²) >= 11 is 0. The molecular weight excluding hydrogens is 279 g/mol. The molecule has 1 unspecified atom stereocenters. The second-order valence-corrected chi connectivity index (χ2v) is 3.84. The number of aliphatic carboxylic acids is 1. The van der Waals surface area contributed by atoms with Gasteiger partial charge in [0.25, 0.3) is 0 Å². The minimum absolute atomic E-state index is 0.162. The second kappa shape index (κ2) is 7.11. The zero-order chi connectivity index (χ0) is 15.2. The molecule has 1 atom stereocenters. The Bertz CT molecular complexity index is 451. The molecule has 0 heterocycles. The molecular formula is C12H14F3NO4. The lowest BCUT2D eigenvalue weighted by Crippen LogP contribution is -2.31. The number of methoxy groups -OCH3 is 1. The fourth-order valence-corrected chi connectivity index (χ4v) is 1.54. The molecule has 0 aromatic heterocycles. The predicted octanol–water partition coefficient (Wildman–Crippen LogP) is 1.95. The van der Waals surface area contributed by atoms with Crippen LogP contribution in [-0.4, -0.2) is 37.7 Å². The third-order valence-corrected chi connectivity index (χ3v) is 2.33. The number of carboxylic acid groups (broad SMARTS) is 1. The van der Waals surface area contributed by atoms with Gasteiger partial charge in [-0.3, -0.25) is 10.1 Å². The molecule has 2 N–H and O–H groups in total. The van der Waals surface area contributed by atoms with Crippen molar-refractivity contribution in [2.24, 2.45) is 0 Å². The molecule has 0 saturated carbocycles. The molecule has 0 amide bonds. The van der Waals surface area contributed by atoms with Gasteiger partial charge in [-0.25, -0.2) is 0 Å². The van der Waals surface area contributed by atoms with Crippen molar-refractivity contribution >= 4 is 5.97 Å². The summed E-state index contributed by atoms with van der Waals surface area (Å²) in [6.45, 7) is 0.528. The maximum absolute atomic E-state index is 12.1. The molecule has 0 fully saturated rings. The van der Waals surface area contributed by atoms with E-state index in [1.165, 1.54) is 19.2 Å². The predicted molar refractivity (Wildman–Crippen MR) is 63.4 cm³/mol. The standard InChI is InChI=1S/C12H14F3NO4/c1-19-6-5-16-10(11(17)18)8-3-2-4-9(7-8)20-12(13,14)15/h2-4,7,10,16H,5-6H2,1H3,(H,17,18). The number of carboxylic acids is 1. The summed E-state index contributed by atoms with van der Waals surface area (Å²) in [7, 11) is 1.45. The monoisotopic (exact) mass is 293 g/mol. The van der Waals surface area contributed by atoms with E-state index in [0.717, 1.165) is 12.1 Å². The summed E-state index contributed by atoms with van der Waals surface area (Å²) < 4.78 is 44.9. The summed E-state index contributed by atoms with van der Waals surface area (Å²) in [6.07, 6.45) is -4.82. The Kier molecular flexibility index (Phi) is 5.78. The van der Waals surface area contributed by atoms with Gasteiger partial charge in [0.1, 0.15) is 11.8 Å². The number of hydrogen-bond donors (Lipinski definition) is 2. The van der Waals surface area contributed by atoms with Gasteiger partial charge in [0.05, 0.1) is 6.61 Å². The number of benzene rings is 1. The lowest BCUT2D eigenvalue weighted by Gasteiger charge is -2.16. The molecule has 5 nitrogen and oxygen atoms in total. The van der Waals surface area contributed by atoms with Crippen LogP contribution in [0.1, 0.15) is 11.6 Å². The normalized spacial score (nSPS) is 13.0. The molecule has 0 saturated heterocycles. The average Bonchev–Trinajstić information content (AvgIpc) is 2.32. The fraction of sp³-hybridized carbons (Fsp3) is 0.417. The summed E-state index contributed by atoms with van der Waals surface area (Å²) in [4.78, 5) is 11.1. The number of hydrogen-bond acceptors (Lipinski definition) is 4. The van der Waals surface area contributed by atoms with Crippen molar-refractivity contribution in [3.63, 3.8) is 0 Å². The first-order valence-corrected chi connectivity index (χ1v) is 5.64. The first-order chi connectivity index (χ1) is 9.33. The number of nitrogens with one attached hydrogen (secondary N) is 1.